The van der Waals surface area contributed by atoms with Crippen LogP contribution in [0.1, 0.15) is 41.6 Å². The molecule has 2 fully saturated rings. The molecule has 2 aliphatic heterocycles. The summed E-state index contributed by atoms with van der Waals surface area (Å²) in [6.45, 7) is 6.76. The molecule has 7 nitrogen and oxygen atoms in total. The second-order valence-electron chi connectivity index (χ2n) is 8.59. The summed E-state index contributed by atoms with van der Waals surface area (Å²) in [5, 5.41) is 3.34. The van der Waals surface area contributed by atoms with Gasteiger partial charge in [0.2, 0.25) is 0 Å². The van der Waals surface area contributed by atoms with Crippen molar-refractivity contribution < 1.29 is 13.2 Å². The Morgan fingerprint density at radius 2 is 1.56 bits per heavy atom. The van der Waals surface area contributed by atoms with Crippen LogP contribution in [0.3, 0.4) is 0 Å². The van der Waals surface area contributed by atoms with Crippen LogP contribution in [0, 0.1) is 6.92 Å². The van der Waals surface area contributed by atoms with Gasteiger partial charge in [0.25, 0.3) is 15.9 Å². The normalized spacial score (nSPS) is 17.7. The van der Waals surface area contributed by atoms with Crippen LogP contribution in [0.5, 0.6) is 0 Å². The van der Waals surface area contributed by atoms with E-state index in [1.54, 1.807) is 36.4 Å². The van der Waals surface area contributed by atoms with Crippen molar-refractivity contribution in [2.75, 3.05) is 48.9 Å². The summed E-state index contributed by atoms with van der Waals surface area (Å²) in [6.07, 6.45) is 4.30. The fourth-order valence-electron chi connectivity index (χ4n) is 4.33. The molecule has 0 bridgehead atoms. The van der Waals surface area contributed by atoms with Gasteiger partial charge in [0.05, 0.1) is 10.5 Å². The van der Waals surface area contributed by atoms with Crippen molar-refractivity contribution in [3.8, 4) is 0 Å². The van der Waals surface area contributed by atoms with Gasteiger partial charge >= 0.3 is 0 Å². The summed E-state index contributed by atoms with van der Waals surface area (Å²) in [5.41, 5.74) is 2.84. The highest BCUT2D eigenvalue weighted by Gasteiger charge is 2.25. The van der Waals surface area contributed by atoms with Gasteiger partial charge < -0.3 is 15.1 Å². The largest absolute Gasteiger partial charge is 0.368 e. The van der Waals surface area contributed by atoms with Crippen LogP contribution in [-0.4, -0.2) is 58.5 Å². The zero-order valence-electron chi connectivity index (χ0n) is 18.6. The van der Waals surface area contributed by atoms with Crippen molar-refractivity contribution >= 4 is 27.3 Å². The van der Waals surface area contributed by atoms with Gasteiger partial charge in [-0.25, -0.2) is 8.42 Å². The molecule has 2 aliphatic rings. The molecule has 1 amide bonds. The fraction of sp³-hybridized carbons (Fsp3) is 0.458. The predicted octanol–water partition coefficient (Wildman–Crippen LogP) is 3.22. The SMILES string of the molecule is Cc1ccc(S(=O)(=O)Nc2ccc(N3CCNCC3)c(C(=O)N3CCCCCC3)c2)cc1. The number of nitrogens with one attached hydrogen (secondary N) is 2. The van der Waals surface area contributed by atoms with Crippen LogP contribution in [-0.2, 0) is 10.0 Å². The zero-order chi connectivity index (χ0) is 22.6. The molecule has 0 aromatic heterocycles. The van der Waals surface area contributed by atoms with Crippen LogP contribution in [0.2, 0.25) is 0 Å². The first-order chi connectivity index (χ1) is 15.4. The van der Waals surface area contributed by atoms with E-state index in [1.807, 2.05) is 17.9 Å². The van der Waals surface area contributed by atoms with Crippen LogP contribution in [0.4, 0.5) is 11.4 Å². The number of likely N-dealkylation sites (tertiary alicyclic amines) is 1. The summed E-state index contributed by atoms with van der Waals surface area (Å²) in [6, 6.07) is 12.1. The lowest BCUT2D eigenvalue weighted by Crippen LogP contribution is -2.44. The van der Waals surface area contributed by atoms with Gasteiger partial charge in [-0.05, 0) is 50.1 Å². The van der Waals surface area contributed by atoms with E-state index < -0.39 is 10.0 Å². The molecule has 0 aliphatic carbocycles. The Bertz CT molecular complexity index is 1040. The Hall–Kier alpha value is -2.58. The van der Waals surface area contributed by atoms with Crippen LogP contribution in [0.25, 0.3) is 0 Å². The Morgan fingerprint density at radius 1 is 0.906 bits per heavy atom. The summed E-state index contributed by atoms with van der Waals surface area (Å²) in [4.78, 5) is 17.9. The Kier molecular flexibility index (Phi) is 7.01. The van der Waals surface area contributed by atoms with Crippen LogP contribution < -0.4 is 14.9 Å². The molecule has 2 saturated heterocycles. The molecular weight excluding hydrogens is 424 g/mol. The third-order valence-electron chi connectivity index (χ3n) is 6.16. The van der Waals surface area contributed by atoms with Gasteiger partial charge in [0, 0.05) is 50.6 Å². The number of piperazine rings is 1. The third kappa shape index (κ3) is 5.24. The second-order valence-corrected chi connectivity index (χ2v) is 10.3. The number of hydrogen-bond donors (Lipinski definition) is 2. The van der Waals surface area contributed by atoms with Gasteiger partial charge in [-0.15, -0.1) is 0 Å². The van der Waals surface area contributed by atoms with E-state index in [4.69, 9.17) is 0 Å². The highest BCUT2D eigenvalue weighted by molar-refractivity contribution is 7.92. The first-order valence-corrected chi connectivity index (χ1v) is 12.9. The van der Waals surface area contributed by atoms with E-state index in [0.29, 0.717) is 11.3 Å². The fourth-order valence-corrected chi connectivity index (χ4v) is 5.38. The zero-order valence-corrected chi connectivity index (χ0v) is 19.5. The molecule has 8 heteroatoms. The minimum Gasteiger partial charge on any atom is -0.368 e. The lowest BCUT2D eigenvalue weighted by atomic mass is 10.1. The summed E-state index contributed by atoms with van der Waals surface area (Å²) < 4.78 is 28.5. The Balaban J connectivity index is 1.66. The number of nitrogens with zero attached hydrogens (tertiary/aromatic N) is 2. The standard InChI is InChI=1S/C24H32N4O3S/c1-19-6-9-21(10-7-19)32(30,31)26-20-8-11-23(27-16-12-25-13-17-27)22(18-20)24(29)28-14-4-2-3-5-15-28/h6-11,18,25-26H,2-5,12-17H2,1H3. The monoisotopic (exact) mass is 456 g/mol. The predicted molar refractivity (Wildman–Crippen MR) is 128 cm³/mol. The molecule has 172 valence electrons. The average Bonchev–Trinajstić information content (AvgIpc) is 3.09. The van der Waals surface area contributed by atoms with Gasteiger partial charge in [0.15, 0.2) is 0 Å². The summed E-state index contributed by atoms with van der Waals surface area (Å²) in [5.74, 6) is -0.0168. The van der Waals surface area contributed by atoms with E-state index in [-0.39, 0.29) is 10.8 Å². The second kappa shape index (κ2) is 9.92. The van der Waals surface area contributed by atoms with E-state index in [1.165, 1.54) is 0 Å². The molecule has 4 rings (SSSR count). The number of benzene rings is 2. The van der Waals surface area contributed by atoms with E-state index in [0.717, 1.165) is 76.2 Å². The maximum Gasteiger partial charge on any atom is 0.261 e. The van der Waals surface area contributed by atoms with Crippen molar-refractivity contribution in [3.63, 3.8) is 0 Å². The first-order valence-electron chi connectivity index (χ1n) is 11.4. The lowest BCUT2D eigenvalue weighted by Gasteiger charge is -2.32. The highest BCUT2D eigenvalue weighted by atomic mass is 32.2. The van der Waals surface area contributed by atoms with Gasteiger partial charge in [-0.2, -0.15) is 0 Å². The quantitative estimate of drug-likeness (QED) is 0.722. The van der Waals surface area contributed by atoms with Crippen molar-refractivity contribution in [1.29, 1.82) is 0 Å². The maximum absolute atomic E-state index is 13.5. The number of sulfonamides is 1. The number of hydrogen-bond acceptors (Lipinski definition) is 5. The molecule has 0 atom stereocenters. The minimum atomic E-state index is -3.74. The van der Waals surface area contributed by atoms with E-state index in [9.17, 15) is 13.2 Å². The number of carbonyl (C=O) groups excluding carboxylic acids is 1. The molecule has 32 heavy (non-hydrogen) atoms. The molecule has 0 spiro atoms. The smallest absolute Gasteiger partial charge is 0.261 e. The highest BCUT2D eigenvalue weighted by Crippen LogP contribution is 2.28. The van der Waals surface area contributed by atoms with E-state index >= 15 is 0 Å². The van der Waals surface area contributed by atoms with Gasteiger partial charge in [-0.1, -0.05) is 30.5 Å². The Labute approximate surface area is 190 Å². The number of amides is 1. The molecule has 0 radical (unpaired) electrons. The van der Waals surface area contributed by atoms with Crippen molar-refractivity contribution in [1.82, 2.24) is 10.2 Å². The minimum absolute atomic E-state index is 0.0168. The van der Waals surface area contributed by atoms with Crippen molar-refractivity contribution in [2.45, 2.75) is 37.5 Å². The maximum atomic E-state index is 13.5. The van der Waals surface area contributed by atoms with Gasteiger partial charge in [0.1, 0.15) is 0 Å². The van der Waals surface area contributed by atoms with Crippen LogP contribution >= 0.6 is 0 Å². The van der Waals surface area contributed by atoms with E-state index in [2.05, 4.69) is 14.9 Å². The molecule has 0 unspecified atom stereocenters. The molecule has 2 aromatic rings. The first kappa shape index (κ1) is 22.6. The topological polar surface area (TPSA) is 81.8 Å². The number of aryl methyl sites for hydroxylation is 1. The Morgan fingerprint density at radius 3 is 2.22 bits per heavy atom. The number of carbonyl (C=O) groups is 1. The van der Waals surface area contributed by atoms with Crippen molar-refractivity contribution in [3.05, 3.63) is 53.6 Å². The lowest BCUT2D eigenvalue weighted by molar-refractivity contribution is 0.0762. The average molecular weight is 457 g/mol. The molecule has 2 heterocycles. The summed E-state index contributed by atoms with van der Waals surface area (Å²) >= 11 is 0. The van der Waals surface area contributed by atoms with Crippen molar-refractivity contribution in [2.24, 2.45) is 0 Å². The summed E-state index contributed by atoms with van der Waals surface area (Å²) in [7, 11) is -3.74. The molecule has 0 saturated carbocycles. The third-order valence-corrected chi connectivity index (χ3v) is 7.56. The van der Waals surface area contributed by atoms with Crippen LogP contribution in [0.15, 0.2) is 47.4 Å². The number of anilines is 2. The molecule has 2 N–H and O–H groups in total. The number of rotatable bonds is 5. The van der Waals surface area contributed by atoms with Gasteiger partial charge in [-0.3, -0.25) is 9.52 Å². The molecular formula is C24H32N4O3S. The molecule has 2 aromatic carbocycles.